The van der Waals surface area contributed by atoms with Crippen LogP contribution in [0.15, 0.2) is 59.7 Å². The van der Waals surface area contributed by atoms with Gasteiger partial charge in [0, 0.05) is 12.7 Å². The third-order valence-corrected chi connectivity index (χ3v) is 4.32. The molecule has 0 aliphatic rings. The molecule has 0 spiro atoms. The number of fused-ring (bicyclic) bond motifs is 1. The second-order valence-corrected chi connectivity index (χ2v) is 5.79. The first-order valence-corrected chi connectivity index (χ1v) is 7.71. The number of nitrogens with zero attached hydrogens (tertiary/aromatic N) is 2. The number of aryl methyl sites for hydroxylation is 1. The van der Waals surface area contributed by atoms with E-state index in [0.717, 1.165) is 10.2 Å². The molecule has 6 nitrogen and oxygen atoms in total. The molecule has 0 atom stereocenters. The highest BCUT2D eigenvalue weighted by molar-refractivity contribution is 7.16. The van der Waals surface area contributed by atoms with Gasteiger partial charge in [-0.2, -0.15) is 0 Å². The number of amides is 2. The standard InChI is InChI=1S/C16H14N4O2S/c1-20-12-9-5-6-10-13(12)23-16(20)19-18-15(22)14(21)17-11-7-3-2-4-8-11/h2-10H,1H3,(H,17,21)(H,18,22). The minimum Gasteiger partial charge on any atom is -0.318 e. The minimum atomic E-state index is -0.814. The zero-order valence-corrected chi connectivity index (χ0v) is 13.1. The number of benzene rings is 2. The van der Waals surface area contributed by atoms with Gasteiger partial charge < -0.3 is 9.88 Å². The number of rotatable bonds is 2. The maximum Gasteiger partial charge on any atom is 0.329 e. The summed E-state index contributed by atoms with van der Waals surface area (Å²) < 4.78 is 2.91. The van der Waals surface area contributed by atoms with Gasteiger partial charge in [-0.15, -0.1) is 5.10 Å². The number of para-hydroxylation sites is 2. The molecular weight excluding hydrogens is 312 g/mol. The van der Waals surface area contributed by atoms with Crippen molar-refractivity contribution < 1.29 is 9.59 Å². The summed E-state index contributed by atoms with van der Waals surface area (Å²) in [5, 5.41) is 6.53. The van der Waals surface area contributed by atoms with E-state index in [1.165, 1.54) is 11.3 Å². The van der Waals surface area contributed by atoms with Crippen LogP contribution in [0, 0.1) is 0 Å². The van der Waals surface area contributed by atoms with Crippen LogP contribution in [0.25, 0.3) is 10.2 Å². The van der Waals surface area contributed by atoms with Crippen LogP contribution in [-0.2, 0) is 16.6 Å². The first-order chi connectivity index (χ1) is 11.1. The Labute approximate surface area is 136 Å². The van der Waals surface area contributed by atoms with Gasteiger partial charge in [-0.3, -0.25) is 9.59 Å². The highest BCUT2D eigenvalue weighted by atomic mass is 32.1. The topological polar surface area (TPSA) is 75.5 Å². The van der Waals surface area contributed by atoms with Crippen LogP contribution in [0.1, 0.15) is 0 Å². The number of anilines is 1. The fourth-order valence-corrected chi connectivity index (χ4v) is 3.03. The Hall–Kier alpha value is -2.93. The van der Waals surface area contributed by atoms with Gasteiger partial charge in [0.15, 0.2) is 0 Å². The molecule has 0 bridgehead atoms. The average Bonchev–Trinajstić information content (AvgIpc) is 2.90. The molecule has 0 saturated heterocycles. The normalized spacial score (nSPS) is 11.4. The van der Waals surface area contributed by atoms with Crippen molar-refractivity contribution in [1.29, 1.82) is 0 Å². The molecule has 0 fully saturated rings. The van der Waals surface area contributed by atoms with Crippen LogP contribution in [-0.4, -0.2) is 16.4 Å². The van der Waals surface area contributed by atoms with E-state index in [0.29, 0.717) is 10.5 Å². The Morgan fingerprint density at radius 3 is 2.43 bits per heavy atom. The molecule has 0 aliphatic heterocycles. The Kier molecular flexibility index (Phi) is 4.20. The van der Waals surface area contributed by atoms with Crippen molar-refractivity contribution in [2.45, 2.75) is 0 Å². The van der Waals surface area contributed by atoms with Gasteiger partial charge in [-0.05, 0) is 24.3 Å². The van der Waals surface area contributed by atoms with Crippen molar-refractivity contribution in [3.8, 4) is 0 Å². The van der Waals surface area contributed by atoms with Gasteiger partial charge in [-0.25, -0.2) is 5.43 Å². The molecule has 0 aliphatic carbocycles. The summed E-state index contributed by atoms with van der Waals surface area (Å²) in [6.45, 7) is 0. The van der Waals surface area contributed by atoms with E-state index in [9.17, 15) is 9.59 Å². The van der Waals surface area contributed by atoms with E-state index in [2.05, 4.69) is 15.8 Å². The number of thiazole rings is 1. The molecule has 2 N–H and O–H groups in total. The van der Waals surface area contributed by atoms with Crippen LogP contribution < -0.4 is 15.5 Å². The summed E-state index contributed by atoms with van der Waals surface area (Å²) in [6.07, 6.45) is 0. The Morgan fingerprint density at radius 1 is 1.00 bits per heavy atom. The van der Waals surface area contributed by atoms with Gasteiger partial charge in [0.05, 0.1) is 10.2 Å². The maximum atomic E-state index is 11.8. The van der Waals surface area contributed by atoms with Crippen LogP contribution in [0.2, 0.25) is 0 Å². The minimum absolute atomic E-state index is 0.556. The number of carbonyl (C=O) groups is 2. The van der Waals surface area contributed by atoms with E-state index < -0.39 is 11.8 Å². The monoisotopic (exact) mass is 326 g/mol. The fraction of sp³-hybridized carbons (Fsp3) is 0.0625. The second-order valence-electron chi connectivity index (χ2n) is 4.78. The number of nitrogens with one attached hydrogen (secondary N) is 2. The molecule has 23 heavy (non-hydrogen) atoms. The molecule has 3 aromatic rings. The third kappa shape index (κ3) is 3.29. The summed E-state index contributed by atoms with van der Waals surface area (Å²) in [5.74, 6) is -1.57. The molecule has 116 valence electrons. The molecule has 2 amide bonds. The van der Waals surface area contributed by atoms with E-state index >= 15 is 0 Å². The largest absolute Gasteiger partial charge is 0.329 e. The lowest BCUT2D eigenvalue weighted by atomic mass is 10.3. The molecule has 7 heteroatoms. The van der Waals surface area contributed by atoms with Crippen LogP contribution >= 0.6 is 11.3 Å². The van der Waals surface area contributed by atoms with Crippen molar-refractivity contribution in [2.75, 3.05) is 5.32 Å². The summed E-state index contributed by atoms with van der Waals surface area (Å²) >= 11 is 1.43. The quantitative estimate of drug-likeness (QED) is 0.557. The Morgan fingerprint density at radius 2 is 1.70 bits per heavy atom. The van der Waals surface area contributed by atoms with Crippen LogP contribution in [0.3, 0.4) is 0 Å². The molecule has 3 rings (SSSR count). The first kappa shape index (κ1) is 15.0. The molecule has 2 aromatic carbocycles. The summed E-state index contributed by atoms with van der Waals surface area (Å²) in [7, 11) is 1.86. The Bertz CT molecular complexity index is 928. The van der Waals surface area contributed by atoms with Crippen molar-refractivity contribution >= 4 is 39.1 Å². The molecule has 1 heterocycles. The fourth-order valence-electron chi connectivity index (χ4n) is 2.05. The van der Waals surface area contributed by atoms with Gasteiger partial charge in [0.25, 0.3) is 0 Å². The van der Waals surface area contributed by atoms with Crippen LogP contribution in [0.4, 0.5) is 5.69 Å². The van der Waals surface area contributed by atoms with Crippen molar-refractivity contribution in [1.82, 2.24) is 9.99 Å². The molecule has 0 radical (unpaired) electrons. The SMILES string of the molecule is Cn1c(=NNC(=O)C(=O)Nc2ccccc2)sc2ccccc21. The smallest absolute Gasteiger partial charge is 0.318 e. The maximum absolute atomic E-state index is 11.8. The van der Waals surface area contributed by atoms with Crippen molar-refractivity contribution in [3.05, 3.63) is 59.4 Å². The lowest BCUT2D eigenvalue weighted by molar-refractivity contribution is -0.136. The van der Waals surface area contributed by atoms with Crippen molar-refractivity contribution in [2.24, 2.45) is 12.1 Å². The van der Waals surface area contributed by atoms with Crippen LogP contribution in [0.5, 0.6) is 0 Å². The number of hydrogen-bond acceptors (Lipinski definition) is 4. The summed E-state index contributed by atoms with van der Waals surface area (Å²) in [5.41, 5.74) is 3.85. The Balaban J connectivity index is 1.74. The summed E-state index contributed by atoms with van der Waals surface area (Å²) in [4.78, 5) is 24.2. The highest BCUT2D eigenvalue weighted by Crippen LogP contribution is 2.14. The third-order valence-electron chi connectivity index (χ3n) is 3.21. The molecular formula is C16H14N4O2S. The van der Waals surface area contributed by atoms with Gasteiger partial charge >= 0.3 is 11.8 Å². The summed E-state index contributed by atoms with van der Waals surface area (Å²) in [6, 6.07) is 16.6. The zero-order valence-electron chi connectivity index (χ0n) is 12.3. The number of carbonyl (C=O) groups excluding carboxylic acids is 2. The van der Waals surface area contributed by atoms with Gasteiger partial charge in [-0.1, -0.05) is 41.7 Å². The molecule has 0 saturated carbocycles. The highest BCUT2D eigenvalue weighted by Gasteiger charge is 2.13. The van der Waals surface area contributed by atoms with Crippen molar-refractivity contribution in [3.63, 3.8) is 0 Å². The number of hydrogen-bond donors (Lipinski definition) is 2. The van der Waals surface area contributed by atoms with E-state index in [4.69, 9.17) is 0 Å². The predicted molar refractivity (Wildman–Crippen MR) is 89.6 cm³/mol. The molecule has 1 aromatic heterocycles. The predicted octanol–water partition coefficient (Wildman–Crippen LogP) is 1.81. The van der Waals surface area contributed by atoms with E-state index in [1.807, 2.05) is 41.9 Å². The zero-order chi connectivity index (χ0) is 16.2. The lowest BCUT2D eigenvalue weighted by Crippen LogP contribution is -2.34. The lowest BCUT2D eigenvalue weighted by Gasteiger charge is -2.02. The van der Waals surface area contributed by atoms with Gasteiger partial charge in [0.2, 0.25) is 4.80 Å². The molecule has 0 unspecified atom stereocenters. The number of aromatic nitrogens is 1. The average molecular weight is 326 g/mol. The first-order valence-electron chi connectivity index (χ1n) is 6.90. The van der Waals surface area contributed by atoms with E-state index in [-0.39, 0.29) is 0 Å². The van der Waals surface area contributed by atoms with E-state index in [1.54, 1.807) is 24.3 Å². The van der Waals surface area contributed by atoms with Gasteiger partial charge in [0.1, 0.15) is 0 Å². The second kappa shape index (κ2) is 6.45.